The van der Waals surface area contributed by atoms with Gasteiger partial charge in [-0.2, -0.15) is 0 Å². The molecule has 0 bridgehead atoms. The van der Waals surface area contributed by atoms with Gasteiger partial charge in [-0.25, -0.2) is 0 Å². The van der Waals surface area contributed by atoms with Gasteiger partial charge in [0.1, 0.15) is 0 Å². The Bertz CT molecular complexity index is 352. The lowest BCUT2D eigenvalue weighted by atomic mass is 10.1. The molecule has 0 aromatic heterocycles. The lowest BCUT2D eigenvalue weighted by molar-refractivity contribution is -0.161. The molecule has 0 aliphatic carbocycles. The molecule has 0 spiro atoms. The second kappa shape index (κ2) is 2.21. The summed E-state index contributed by atoms with van der Waals surface area (Å²) < 4.78 is 4.34. The maximum Gasteiger partial charge on any atom is 0.343 e. The van der Waals surface area contributed by atoms with Crippen LogP contribution in [0.15, 0.2) is 24.3 Å². The molecule has 5 N–H and O–H groups in total. The zero-order valence-corrected chi connectivity index (χ0v) is 6.64. The first-order valence-corrected chi connectivity index (χ1v) is 3.69. The third-order valence-electron chi connectivity index (χ3n) is 1.97. The van der Waals surface area contributed by atoms with Crippen molar-refractivity contribution < 1.29 is 20.1 Å². The van der Waals surface area contributed by atoms with Crippen LogP contribution >= 0.6 is 0 Å². The molecular weight excluding hydrogens is 174 g/mol. The molecule has 1 heterocycles. The second-order valence-corrected chi connectivity index (χ2v) is 2.98. The zero-order chi connectivity index (χ0) is 9.69. The highest BCUT2D eigenvalue weighted by molar-refractivity contribution is 5.43. The van der Waals surface area contributed by atoms with Crippen molar-refractivity contribution in [2.75, 3.05) is 5.73 Å². The fraction of sp³-hybridized carbons (Fsp3) is 0.250. The average Bonchev–Trinajstić information content (AvgIpc) is 2.53. The first-order chi connectivity index (χ1) is 5.96. The normalized spacial score (nSPS) is 30.1. The molecule has 5 heteroatoms. The Labute approximate surface area is 74.0 Å². The van der Waals surface area contributed by atoms with E-state index in [1.165, 1.54) is 12.1 Å². The SMILES string of the molecule is Nc1cccc(C2(O)OC2(O)O)c1. The van der Waals surface area contributed by atoms with Crippen molar-refractivity contribution in [1.29, 1.82) is 0 Å². The number of aliphatic hydroxyl groups is 3. The van der Waals surface area contributed by atoms with Crippen molar-refractivity contribution in [3.05, 3.63) is 29.8 Å². The highest BCUT2D eigenvalue weighted by atomic mass is 16.9. The van der Waals surface area contributed by atoms with Gasteiger partial charge in [0.15, 0.2) is 0 Å². The molecule has 70 valence electrons. The number of hydrogen-bond donors (Lipinski definition) is 4. The number of nitrogens with two attached hydrogens (primary N) is 1. The molecule has 1 aliphatic rings. The van der Waals surface area contributed by atoms with Crippen molar-refractivity contribution in [2.24, 2.45) is 0 Å². The Morgan fingerprint density at radius 1 is 1.23 bits per heavy atom. The molecule has 2 rings (SSSR count). The van der Waals surface area contributed by atoms with Gasteiger partial charge < -0.3 is 21.1 Å². The fourth-order valence-electron chi connectivity index (χ4n) is 1.18. The smallest absolute Gasteiger partial charge is 0.343 e. The van der Waals surface area contributed by atoms with Crippen LogP contribution in [0.2, 0.25) is 0 Å². The number of ether oxygens (including phenoxy) is 1. The van der Waals surface area contributed by atoms with E-state index in [0.29, 0.717) is 5.69 Å². The Morgan fingerprint density at radius 3 is 2.31 bits per heavy atom. The number of anilines is 1. The highest BCUT2D eigenvalue weighted by Crippen LogP contribution is 2.49. The maximum absolute atomic E-state index is 9.47. The van der Waals surface area contributed by atoms with Crippen molar-refractivity contribution in [3.63, 3.8) is 0 Å². The minimum absolute atomic E-state index is 0.220. The van der Waals surface area contributed by atoms with E-state index in [9.17, 15) is 5.11 Å². The minimum Gasteiger partial charge on any atom is -0.399 e. The molecule has 0 amide bonds. The molecule has 1 saturated heterocycles. The van der Waals surface area contributed by atoms with Gasteiger partial charge >= 0.3 is 5.97 Å². The lowest BCUT2D eigenvalue weighted by Gasteiger charge is -2.06. The highest BCUT2D eigenvalue weighted by Gasteiger charge is 2.71. The standard InChI is InChI=1S/C8H9NO4/c9-6-3-1-2-5(4-6)7(10)8(11,12)13-7/h1-4,10-12H,9H2. The molecule has 1 aliphatic heterocycles. The van der Waals surface area contributed by atoms with E-state index in [1.807, 2.05) is 0 Å². The van der Waals surface area contributed by atoms with Gasteiger partial charge in [0.05, 0.1) is 0 Å². The number of epoxide rings is 1. The molecule has 5 nitrogen and oxygen atoms in total. The zero-order valence-electron chi connectivity index (χ0n) is 6.64. The molecule has 0 radical (unpaired) electrons. The number of benzene rings is 1. The van der Waals surface area contributed by atoms with Gasteiger partial charge in [0.25, 0.3) is 5.79 Å². The Kier molecular flexibility index (Phi) is 1.44. The van der Waals surface area contributed by atoms with Crippen LogP contribution in [-0.4, -0.2) is 21.3 Å². The molecular formula is C8H9NO4. The van der Waals surface area contributed by atoms with E-state index in [4.69, 9.17) is 15.9 Å². The van der Waals surface area contributed by atoms with Crippen LogP contribution in [0.25, 0.3) is 0 Å². The largest absolute Gasteiger partial charge is 0.399 e. The van der Waals surface area contributed by atoms with Gasteiger partial charge in [-0.15, -0.1) is 0 Å². The van der Waals surface area contributed by atoms with Crippen LogP contribution in [0.4, 0.5) is 5.69 Å². The van der Waals surface area contributed by atoms with Crippen LogP contribution in [0.5, 0.6) is 0 Å². The van der Waals surface area contributed by atoms with E-state index in [1.54, 1.807) is 12.1 Å². The molecule has 1 aromatic carbocycles. The molecule has 1 fully saturated rings. The lowest BCUT2D eigenvalue weighted by Crippen LogP contribution is -2.22. The summed E-state index contributed by atoms with van der Waals surface area (Å²) in [5.41, 5.74) is 6.08. The maximum atomic E-state index is 9.47. The first-order valence-electron chi connectivity index (χ1n) is 3.69. The summed E-state index contributed by atoms with van der Waals surface area (Å²) in [5, 5.41) is 27.4. The van der Waals surface area contributed by atoms with Crippen LogP contribution in [0.3, 0.4) is 0 Å². The summed E-state index contributed by atoms with van der Waals surface area (Å²) >= 11 is 0. The van der Waals surface area contributed by atoms with Crippen molar-refractivity contribution in [2.45, 2.75) is 11.8 Å². The number of rotatable bonds is 1. The van der Waals surface area contributed by atoms with E-state index in [0.717, 1.165) is 0 Å². The topological polar surface area (TPSA) is 99.2 Å². The van der Waals surface area contributed by atoms with Crippen LogP contribution in [-0.2, 0) is 10.5 Å². The summed E-state index contributed by atoms with van der Waals surface area (Å²) in [5.74, 6) is -4.54. The third kappa shape index (κ3) is 1.10. The van der Waals surface area contributed by atoms with Crippen LogP contribution in [0.1, 0.15) is 5.56 Å². The molecule has 0 saturated carbocycles. The van der Waals surface area contributed by atoms with E-state index in [2.05, 4.69) is 4.74 Å². The molecule has 13 heavy (non-hydrogen) atoms. The Hall–Kier alpha value is -1.14. The number of nitrogen functional groups attached to an aromatic ring is 1. The van der Waals surface area contributed by atoms with E-state index in [-0.39, 0.29) is 5.56 Å². The summed E-state index contributed by atoms with van der Waals surface area (Å²) in [4.78, 5) is 0. The monoisotopic (exact) mass is 183 g/mol. The van der Waals surface area contributed by atoms with Gasteiger partial charge in [-0.05, 0) is 12.1 Å². The minimum atomic E-state index is -2.50. The van der Waals surface area contributed by atoms with E-state index >= 15 is 0 Å². The van der Waals surface area contributed by atoms with Gasteiger partial charge in [0.2, 0.25) is 0 Å². The van der Waals surface area contributed by atoms with Gasteiger partial charge in [-0.1, -0.05) is 12.1 Å². The van der Waals surface area contributed by atoms with Gasteiger partial charge in [0, 0.05) is 11.3 Å². The summed E-state index contributed by atoms with van der Waals surface area (Å²) in [7, 11) is 0. The number of hydrogen-bond acceptors (Lipinski definition) is 5. The quantitative estimate of drug-likeness (QED) is 0.256. The Balaban J connectivity index is 2.38. The Morgan fingerprint density at radius 2 is 1.85 bits per heavy atom. The van der Waals surface area contributed by atoms with Crippen LogP contribution < -0.4 is 5.73 Å². The predicted octanol–water partition coefficient (Wildman–Crippen LogP) is -0.918. The molecule has 1 atom stereocenters. The third-order valence-corrected chi connectivity index (χ3v) is 1.97. The molecule has 1 unspecified atom stereocenters. The molecule has 1 aromatic rings. The summed E-state index contributed by atoms with van der Waals surface area (Å²) in [6.45, 7) is 0. The summed E-state index contributed by atoms with van der Waals surface area (Å²) in [6.07, 6.45) is 0. The van der Waals surface area contributed by atoms with Crippen molar-refractivity contribution >= 4 is 5.69 Å². The fourth-order valence-corrected chi connectivity index (χ4v) is 1.18. The summed E-state index contributed by atoms with van der Waals surface area (Å²) in [6, 6.07) is 6.10. The van der Waals surface area contributed by atoms with Crippen molar-refractivity contribution in [3.8, 4) is 0 Å². The van der Waals surface area contributed by atoms with E-state index < -0.39 is 11.8 Å². The second-order valence-electron chi connectivity index (χ2n) is 2.98. The van der Waals surface area contributed by atoms with Crippen molar-refractivity contribution in [1.82, 2.24) is 0 Å². The first kappa shape index (κ1) is 8.46. The predicted molar refractivity (Wildman–Crippen MR) is 43.0 cm³/mol. The van der Waals surface area contributed by atoms with Crippen LogP contribution in [0, 0.1) is 0 Å². The average molecular weight is 183 g/mol. The van der Waals surface area contributed by atoms with Gasteiger partial charge in [-0.3, -0.25) is 4.74 Å².